The molecule has 0 spiro atoms. The van der Waals surface area contributed by atoms with Crippen LogP contribution in [-0.2, 0) is 0 Å². The smallest absolute Gasteiger partial charge is 0.142 e. The lowest BCUT2D eigenvalue weighted by Gasteiger charge is -2.43. The van der Waals surface area contributed by atoms with E-state index in [0.717, 1.165) is 17.6 Å². The average Bonchev–Trinajstić information content (AvgIpc) is 2.56. The van der Waals surface area contributed by atoms with Crippen molar-refractivity contribution >= 4 is 33.5 Å². The van der Waals surface area contributed by atoms with Crippen molar-refractivity contribution in [2.45, 2.75) is 37.2 Å². The van der Waals surface area contributed by atoms with E-state index < -0.39 is 0 Å². The number of aromatic nitrogens is 1. The van der Waals surface area contributed by atoms with Crippen molar-refractivity contribution in [2.75, 3.05) is 30.3 Å². The molecule has 1 aromatic rings. The summed E-state index contributed by atoms with van der Waals surface area (Å²) in [5, 5.41) is 0. The molecule has 3 heterocycles. The van der Waals surface area contributed by atoms with Crippen LogP contribution in [0.2, 0.25) is 0 Å². The Balaban J connectivity index is 1.87. The number of anilines is 1. The topological polar surface area (TPSA) is 19.4 Å². The largest absolute Gasteiger partial charge is 0.350 e. The van der Waals surface area contributed by atoms with Crippen LogP contribution in [-0.4, -0.2) is 47.4 Å². The zero-order chi connectivity index (χ0) is 13.4. The number of piperazine rings is 1. The van der Waals surface area contributed by atoms with Gasteiger partial charge in [0.05, 0.1) is 4.90 Å². The Kier molecular flexibility index (Phi) is 4.06. The van der Waals surface area contributed by atoms with Crippen LogP contribution in [0.4, 0.5) is 5.82 Å². The lowest BCUT2D eigenvalue weighted by molar-refractivity contribution is 0.178. The molecule has 0 unspecified atom stereocenters. The number of pyridine rings is 1. The van der Waals surface area contributed by atoms with Crippen LogP contribution in [0.1, 0.15) is 20.3 Å². The Bertz CT molecular complexity index is 466. The van der Waals surface area contributed by atoms with Crippen molar-refractivity contribution < 1.29 is 0 Å². The average molecular weight is 342 g/mol. The van der Waals surface area contributed by atoms with Crippen LogP contribution in [0, 0.1) is 0 Å². The van der Waals surface area contributed by atoms with Crippen molar-refractivity contribution in [3.05, 3.63) is 16.7 Å². The summed E-state index contributed by atoms with van der Waals surface area (Å²) in [4.78, 5) is 11.1. The number of hydrogen-bond acceptors (Lipinski definition) is 4. The van der Waals surface area contributed by atoms with Crippen LogP contribution < -0.4 is 4.90 Å². The van der Waals surface area contributed by atoms with Crippen molar-refractivity contribution in [1.29, 1.82) is 0 Å². The van der Waals surface area contributed by atoms with E-state index in [0.29, 0.717) is 12.1 Å². The molecule has 0 bridgehead atoms. The van der Waals surface area contributed by atoms with Gasteiger partial charge in [-0.25, -0.2) is 4.98 Å². The summed E-state index contributed by atoms with van der Waals surface area (Å²) in [6.07, 6.45) is 3.18. The first kappa shape index (κ1) is 13.7. The molecule has 19 heavy (non-hydrogen) atoms. The van der Waals surface area contributed by atoms with E-state index in [9.17, 15) is 0 Å². The van der Waals surface area contributed by atoms with E-state index in [1.54, 1.807) is 0 Å². The highest BCUT2D eigenvalue weighted by Crippen LogP contribution is 2.37. The van der Waals surface area contributed by atoms with Crippen molar-refractivity contribution in [1.82, 2.24) is 9.88 Å². The second-order valence-electron chi connectivity index (χ2n) is 5.55. The number of hydrogen-bond donors (Lipinski definition) is 0. The van der Waals surface area contributed by atoms with Crippen molar-refractivity contribution in [3.63, 3.8) is 0 Å². The van der Waals surface area contributed by atoms with E-state index in [2.05, 4.69) is 50.6 Å². The van der Waals surface area contributed by atoms with Gasteiger partial charge in [-0.1, -0.05) is 0 Å². The first-order chi connectivity index (χ1) is 9.15. The van der Waals surface area contributed by atoms with Gasteiger partial charge in [0.2, 0.25) is 0 Å². The summed E-state index contributed by atoms with van der Waals surface area (Å²) < 4.78 is 1.08. The van der Waals surface area contributed by atoms with Crippen LogP contribution in [0.5, 0.6) is 0 Å². The maximum absolute atomic E-state index is 4.67. The molecule has 0 aromatic carbocycles. The number of nitrogens with zero attached hydrogens (tertiary/aromatic N) is 3. The summed E-state index contributed by atoms with van der Waals surface area (Å²) in [6, 6.07) is 3.48. The van der Waals surface area contributed by atoms with Gasteiger partial charge in [0.25, 0.3) is 0 Å². The number of halogens is 1. The van der Waals surface area contributed by atoms with E-state index in [-0.39, 0.29) is 0 Å². The Morgan fingerprint density at radius 3 is 3.05 bits per heavy atom. The standard InChI is InChI=1S/C14H20BrN3S/c1-10(2)17-4-5-18-12(9-17)3-6-19-13-7-11(15)8-16-14(13)18/h7-8,10,12H,3-6,9H2,1-2H3/t12-/m1/s1. The third-order valence-electron chi connectivity index (χ3n) is 4.02. The van der Waals surface area contributed by atoms with Crippen LogP contribution in [0.25, 0.3) is 0 Å². The molecule has 1 atom stereocenters. The molecule has 1 fully saturated rings. The fourth-order valence-corrected chi connectivity index (χ4v) is 4.52. The van der Waals surface area contributed by atoms with E-state index in [4.69, 9.17) is 0 Å². The first-order valence-electron chi connectivity index (χ1n) is 6.94. The third-order valence-corrected chi connectivity index (χ3v) is 5.51. The summed E-state index contributed by atoms with van der Waals surface area (Å²) in [7, 11) is 0. The molecule has 0 aliphatic carbocycles. The van der Waals surface area contributed by atoms with Crippen LogP contribution in [0.3, 0.4) is 0 Å². The molecule has 104 valence electrons. The minimum absolute atomic E-state index is 0.624. The lowest BCUT2D eigenvalue weighted by Crippen LogP contribution is -2.55. The molecule has 2 aliphatic rings. The zero-order valence-electron chi connectivity index (χ0n) is 11.5. The van der Waals surface area contributed by atoms with Gasteiger partial charge in [-0.3, -0.25) is 4.90 Å². The summed E-state index contributed by atoms with van der Waals surface area (Å²) in [5.41, 5.74) is 0. The van der Waals surface area contributed by atoms with Gasteiger partial charge in [-0.05, 0) is 42.3 Å². The summed E-state index contributed by atoms with van der Waals surface area (Å²) in [5.74, 6) is 2.39. The molecule has 0 N–H and O–H groups in total. The van der Waals surface area contributed by atoms with Crippen LogP contribution >= 0.6 is 27.7 Å². The highest BCUT2D eigenvalue weighted by atomic mass is 79.9. The van der Waals surface area contributed by atoms with Gasteiger partial charge in [0.1, 0.15) is 5.82 Å². The Hall–Kier alpha value is -0.260. The van der Waals surface area contributed by atoms with Gasteiger partial charge in [0, 0.05) is 48.1 Å². The minimum Gasteiger partial charge on any atom is -0.350 e. The molecule has 2 aliphatic heterocycles. The molecule has 0 radical (unpaired) electrons. The summed E-state index contributed by atoms with van der Waals surface area (Å²) >= 11 is 5.48. The van der Waals surface area contributed by atoms with Gasteiger partial charge < -0.3 is 4.90 Å². The van der Waals surface area contributed by atoms with Gasteiger partial charge in [-0.15, -0.1) is 11.8 Å². The van der Waals surface area contributed by atoms with Crippen LogP contribution in [0.15, 0.2) is 21.6 Å². The van der Waals surface area contributed by atoms with Crippen molar-refractivity contribution in [3.8, 4) is 0 Å². The molecular weight excluding hydrogens is 322 g/mol. The second kappa shape index (κ2) is 5.62. The predicted molar refractivity (Wildman–Crippen MR) is 85.1 cm³/mol. The number of fused-ring (bicyclic) bond motifs is 3. The normalized spacial score (nSPS) is 24.0. The molecule has 1 saturated heterocycles. The Morgan fingerprint density at radius 2 is 2.26 bits per heavy atom. The Labute approximate surface area is 127 Å². The fourth-order valence-electron chi connectivity index (χ4n) is 2.91. The predicted octanol–water partition coefficient (Wildman–Crippen LogP) is 3.24. The Morgan fingerprint density at radius 1 is 1.42 bits per heavy atom. The fraction of sp³-hybridized carbons (Fsp3) is 0.643. The molecule has 3 nitrogen and oxygen atoms in total. The number of rotatable bonds is 1. The molecule has 0 amide bonds. The van der Waals surface area contributed by atoms with Gasteiger partial charge >= 0.3 is 0 Å². The van der Waals surface area contributed by atoms with Gasteiger partial charge in [0.15, 0.2) is 0 Å². The maximum Gasteiger partial charge on any atom is 0.142 e. The molecule has 3 rings (SSSR count). The van der Waals surface area contributed by atoms with Gasteiger partial charge in [-0.2, -0.15) is 0 Å². The zero-order valence-corrected chi connectivity index (χ0v) is 13.9. The quantitative estimate of drug-likeness (QED) is 0.780. The molecule has 0 saturated carbocycles. The maximum atomic E-state index is 4.67. The van der Waals surface area contributed by atoms with Crippen molar-refractivity contribution in [2.24, 2.45) is 0 Å². The van der Waals surface area contributed by atoms with E-state index in [1.165, 1.54) is 29.4 Å². The lowest BCUT2D eigenvalue weighted by atomic mass is 10.1. The minimum atomic E-state index is 0.624. The molecule has 1 aromatic heterocycles. The highest BCUT2D eigenvalue weighted by Gasteiger charge is 2.32. The third kappa shape index (κ3) is 2.78. The first-order valence-corrected chi connectivity index (χ1v) is 8.72. The second-order valence-corrected chi connectivity index (χ2v) is 7.60. The van der Waals surface area contributed by atoms with E-state index in [1.807, 2.05) is 18.0 Å². The monoisotopic (exact) mass is 341 g/mol. The van der Waals surface area contributed by atoms with E-state index >= 15 is 0 Å². The summed E-state index contributed by atoms with van der Waals surface area (Å²) in [6.45, 7) is 8.02. The highest BCUT2D eigenvalue weighted by molar-refractivity contribution is 9.10. The molecule has 5 heteroatoms. The SMILES string of the molecule is CC(C)N1CCN2c3ncc(Br)cc3SCC[C@@H]2C1. The number of thioether (sulfide) groups is 1. The molecular formula is C14H20BrN3S.